The third-order valence-electron chi connectivity index (χ3n) is 2.83. The van der Waals surface area contributed by atoms with Crippen molar-refractivity contribution in [2.75, 3.05) is 11.1 Å². The fourth-order valence-electron chi connectivity index (χ4n) is 1.77. The molecule has 2 aromatic carbocycles. The first-order chi connectivity index (χ1) is 9.38. The molecular formula is C14H13F2N3O. The first-order valence-corrected chi connectivity index (χ1v) is 5.80. The number of nitrogens with two attached hydrogens (primary N) is 2. The normalized spacial score (nSPS) is 10.3. The monoisotopic (exact) mass is 277 g/mol. The summed E-state index contributed by atoms with van der Waals surface area (Å²) in [4.78, 5) is 11.3. The molecule has 0 atom stereocenters. The van der Waals surface area contributed by atoms with Gasteiger partial charge in [0, 0.05) is 11.8 Å². The number of halogens is 2. The molecule has 0 saturated heterocycles. The van der Waals surface area contributed by atoms with Crippen molar-refractivity contribution in [3.8, 4) is 0 Å². The summed E-state index contributed by atoms with van der Waals surface area (Å²) in [5.41, 5.74) is 11.7. The van der Waals surface area contributed by atoms with Crippen LogP contribution >= 0.6 is 0 Å². The smallest absolute Gasteiger partial charge is 0.250 e. The number of rotatable bonds is 3. The molecular weight excluding hydrogens is 264 g/mol. The molecule has 0 heterocycles. The number of benzene rings is 2. The van der Waals surface area contributed by atoms with Crippen LogP contribution in [0, 0.1) is 18.6 Å². The highest BCUT2D eigenvalue weighted by molar-refractivity contribution is 5.99. The second-order valence-corrected chi connectivity index (χ2v) is 4.38. The Hall–Kier alpha value is -2.63. The van der Waals surface area contributed by atoms with E-state index in [9.17, 15) is 13.6 Å². The van der Waals surface area contributed by atoms with E-state index in [0.717, 1.165) is 12.1 Å². The van der Waals surface area contributed by atoms with Gasteiger partial charge in [-0.1, -0.05) is 0 Å². The molecule has 0 aliphatic carbocycles. The zero-order valence-corrected chi connectivity index (χ0v) is 10.7. The molecule has 0 radical (unpaired) electrons. The van der Waals surface area contributed by atoms with E-state index in [1.54, 1.807) is 0 Å². The molecule has 0 fully saturated rings. The molecule has 104 valence electrons. The minimum atomic E-state index is -0.694. The van der Waals surface area contributed by atoms with Gasteiger partial charge in [-0.25, -0.2) is 8.78 Å². The molecule has 0 aliphatic rings. The largest absolute Gasteiger partial charge is 0.399 e. The van der Waals surface area contributed by atoms with Crippen LogP contribution in [0.1, 0.15) is 15.9 Å². The van der Waals surface area contributed by atoms with E-state index in [0.29, 0.717) is 5.69 Å². The van der Waals surface area contributed by atoms with Crippen LogP contribution in [0.3, 0.4) is 0 Å². The van der Waals surface area contributed by atoms with E-state index in [-0.39, 0.29) is 22.5 Å². The molecule has 0 bridgehead atoms. The summed E-state index contributed by atoms with van der Waals surface area (Å²) < 4.78 is 27.3. The predicted octanol–water partition coefficient (Wildman–Crippen LogP) is 2.70. The molecule has 2 aromatic rings. The minimum Gasteiger partial charge on any atom is -0.399 e. The Morgan fingerprint density at radius 2 is 1.80 bits per heavy atom. The van der Waals surface area contributed by atoms with Crippen molar-refractivity contribution in [1.82, 2.24) is 0 Å². The first-order valence-electron chi connectivity index (χ1n) is 5.80. The van der Waals surface area contributed by atoms with E-state index < -0.39 is 17.5 Å². The molecule has 20 heavy (non-hydrogen) atoms. The summed E-state index contributed by atoms with van der Waals surface area (Å²) in [6, 6.07) is 6.42. The zero-order valence-electron chi connectivity index (χ0n) is 10.7. The van der Waals surface area contributed by atoms with Gasteiger partial charge in [0.2, 0.25) is 0 Å². The number of primary amides is 1. The van der Waals surface area contributed by atoms with Crippen molar-refractivity contribution in [3.05, 3.63) is 53.1 Å². The molecule has 0 saturated carbocycles. The Bertz CT molecular complexity index is 686. The second kappa shape index (κ2) is 5.16. The van der Waals surface area contributed by atoms with Crippen molar-refractivity contribution in [2.24, 2.45) is 5.73 Å². The summed E-state index contributed by atoms with van der Waals surface area (Å²) in [5, 5.41) is 2.64. The van der Waals surface area contributed by atoms with E-state index in [1.165, 1.54) is 25.1 Å². The maximum absolute atomic E-state index is 13.8. The fraction of sp³-hybridized carbons (Fsp3) is 0.0714. The minimum absolute atomic E-state index is 0.0961. The fourth-order valence-corrected chi connectivity index (χ4v) is 1.77. The Morgan fingerprint density at radius 1 is 1.10 bits per heavy atom. The molecule has 4 nitrogen and oxygen atoms in total. The number of amides is 1. The first kappa shape index (κ1) is 13.8. The van der Waals surface area contributed by atoms with Gasteiger partial charge >= 0.3 is 0 Å². The quantitative estimate of drug-likeness (QED) is 0.754. The number of aryl methyl sites for hydroxylation is 1. The van der Waals surface area contributed by atoms with Crippen molar-refractivity contribution >= 4 is 23.0 Å². The summed E-state index contributed by atoms with van der Waals surface area (Å²) in [6.07, 6.45) is 0. The molecule has 6 heteroatoms. The van der Waals surface area contributed by atoms with Gasteiger partial charge < -0.3 is 16.8 Å². The maximum Gasteiger partial charge on any atom is 0.250 e. The van der Waals surface area contributed by atoms with E-state index >= 15 is 0 Å². The van der Waals surface area contributed by atoms with Crippen LogP contribution < -0.4 is 16.8 Å². The van der Waals surface area contributed by atoms with Gasteiger partial charge in [0.25, 0.3) is 5.91 Å². The van der Waals surface area contributed by atoms with Crippen LogP contribution in [0.15, 0.2) is 30.3 Å². The SMILES string of the molecule is Cc1cc(F)c(Nc2cc(N)ccc2C(N)=O)cc1F. The van der Waals surface area contributed by atoms with Crippen LogP contribution in [0.25, 0.3) is 0 Å². The lowest BCUT2D eigenvalue weighted by Crippen LogP contribution is -2.13. The lowest BCUT2D eigenvalue weighted by Gasteiger charge is -2.12. The molecule has 0 aromatic heterocycles. The van der Waals surface area contributed by atoms with E-state index in [2.05, 4.69) is 5.32 Å². The molecule has 0 unspecified atom stereocenters. The number of nitrogens with one attached hydrogen (secondary N) is 1. The number of carbonyl (C=O) groups is 1. The number of nitrogen functional groups attached to an aromatic ring is 1. The summed E-state index contributed by atoms with van der Waals surface area (Å²) in [6.45, 7) is 1.46. The van der Waals surface area contributed by atoms with Gasteiger partial charge in [-0.2, -0.15) is 0 Å². The third kappa shape index (κ3) is 2.69. The summed E-state index contributed by atoms with van der Waals surface area (Å²) >= 11 is 0. The number of carbonyl (C=O) groups excluding carboxylic acids is 1. The average Bonchev–Trinajstić information content (AvgIpc) is 2.35. The Labute approximate surface area is 114 Å². The van der Waals surface area contributed by atoms with Gasteiger partial charge in [0.05, 0.1) is 16.9 Å². The van der Waals surface area contributed by atoms with Crippen molar-refractivity contribution in [2.45, 2.75) is 6.92 Å². The number of hydrogen-bond acceptors (Lipinski definition) is 3. The zero-order chi connectivity index (χ0) is 14.9. The lowest BCUT2D eigenvalue weighted by atomic mass is 10.1. The molecule has 1 amide bonds. The highest BCUT2D eigenvalue weighted by Gasteiger charge is 2.12. The van der Waals surface area contributed by atoms with E-state index in [1.807, 2.05) is 0 Å². The van der Waals surface area contributed by atoms with Gasteiger partial charge in [0.1, 0.15) is 11.6 Å². The highest BCUT2D eigenvalue weighted by atomic mass is 19.1. The number of anilines is 3. The molecule has 2 rings (SSSR count). The highest BCUT2D eigenvalue weighted by Crippen LogP contribution is 2.26. The Balaban J connectivity index is 2.47. The maximum atomic E-state index is 13.8. The topological polar surface area (TPSA) is 81.1 Å². The van der Waals surface area contributed by atoms with Crippen LogP contribution in [-0.4, -0.2) is 5.91 Å². The van der Waals surface area contributed by atoms with Gasteiger partial charge in [-0.05, 0) is 36.8 Å². The average molecular weight is 277 g/mol. The van der Waals surface area contributed by atoms with Gasteiger partial charge in [0.15, 0.2) is 0 Å². The predicted molar refractivity (Wildman–Crippen MR) is 73.8 cm³/mol. The number of hydrogen-bond donors (Lipinski definition) is 3. The van der Waals surface area contributed by atoms with Crippen LogP contribution in [0.2, 0.25) is 0 Å². The van der Waals surface area contributed by atoms with Crippen molar-refractivity contribution in [3.63, 3.8) is 0 Å². The van der Waals surface area contributed by atoms with Crippen LogP contribution in [0.5, 0.6) is 0 Å². The van der Waals surface area contributed by atoms with Gasteiger partial charge in [-0.15, -0.1) is 0 Å². The van der Waals surface area contributed by atoms with Crippen molar-refractivity contribution in [1.29, 1.82) is 0 Å². The lowest BCUT2D eigenvalue weighted by molar-refractivity contribution is 0.100. The molecule has 0 aliphatic heterocycles. The Morgan fingerprint density at radius 3 is 2.45 bits per heavy atom. The van der Waals surface area contributed by atoms with E-state index in [4.69, 9.17) is 11.5 Å². The second-order valence-electron chi connectivity index (χ2n) is 4.38. The van der Waals surface area contributed by atoms with Crippen LogP contribution in [0.4, 0.5) is 25.8 Å². The molecule has 0 spiro atoms. The summed E-state index contributed by atoms with van der Waals surface area (Å²) in [5.74, 6) is -1.89. The Kier molecular flexibility index (Phi) is 3.56. The van der Waals surface area contributed by atoms with Gasteiger partial charge in [-0.3, -0.25) is 4.79 Å². The summed E-state index contributed by atoms with van der Waals surface area (Å²) in [7, 11) is 0. The van der Waals surface area contributed by atoms with Crippen LogP contribution in [-0.2, 0) is 0 Å². The third-order valence-corrected chi connectivity index (χ3v) is 2.83. The standard InChI is InChI=1S/C14H13F2N3O/c1-7-4-11(16)13(6-10(7)15)19-12-5-8(17)2-3-9(12)14(18)20/h2-6,19H,17H2,1H3,(H2,18,20). The molecule has 5 N–H and O–H groups in total. The van der Waals surface area contributed by atoms with Crippen molar-refractivity contribution < 1.29 is 13.6 Å².